The average molecular weight is 219 g/mol. The first-order valence-electron chi connectivity index (χ1n) is 6.53. The lowest BCUT2D eigenvalue weighted by Crippen LogP contribution is -2.05. The average Bonchev–Trinajstić information content (AvgIpc) is 3.10. The molecule has 2 fully saturated rings. The molecule has 2 saturated carbocycles. The van der Waals surface area contributed by atoms with Crippen LogP contribution >= 0.6 is 0 Å². The van der Waals surface area contributed by atoms with Crippen molar-refractivity contribution in [1.29, 1.82) is 0 Å². The minimum absolute atomic E-state index is 0.636. The van der Waals surface area contributed by atoms with Crippen molar-refractivity contribution in [3.63, 3.8) is 0 Å². The zero-order valence-corrected chi connectivity index (χ0v) is 10.2. The van der Waals surface area contributed by atoms with Gasteiger partial charge in [-0.2, -0.15) is 0 Å². The quantitative estimate of drug-likeness (QED) is 0.846. The molecule has 3 nitrogen and oxygen atoms in total. The highest BCUT2D eigenvalue weighted by Crippen LogP contribution is 2.46. The molecule has 0 amide bonds. The van der Waals surface area contributed by atoms with Crippen LogP contribution in [-0.4, -0.2) is 9.55 Å². The number of nitrogen functional groups attached to an aromatic ring is 1. The summed E-state index contributed by atoms with van der Waals surface area (Å²) in [5.41, 5.74) is 7.40. The Balaban J connectivity index is 1.96. The van der Waals surface area contributed by atoms with E-state index in [1.807, 2.05) is 0 Å². The number of rotatable bonds is 4. The number of aromatic nitrogens is 2. The van der Waals surface area contributed by atoms with Crippen molar-refractivity contribution < 1.29 is 0 Å². The summed E-state index contributed by atoms with van der Waals surface area (Å²) in [6, 6.07) is 0.670. The van der Waals surface area contributed by atoms with Gasteiger partial charge in [-0.1, -0.05) is 13.8 Å². The van der Waals surface area contributed by atoms with Crippen LogP contribution in [0.4, 0.5) is 5.82 Å². The highest BCUT2D eigenvalue weighted by molar-refractivity contribution is 5.41. The van der Waals surface area contributed by atoms with Crippen LogP contribution in [0.1, 0.15) is 63.0 Å². The van der Waals surface area contributed by atoms with E-state index < -0.39 is 0 Å². The Hall–Kier alpha value is -0.990. The van der Waals surface area contributed by atoms with E-state index in [0.717, 1.165) is 17.9 Å². The van der Waals surface area contributed by atoms with E-state index in [4.69, 9.17) is 10.7 Å². The van der Waals surface area contributed by atoms with E-state index in [1.54, 1.807) is 0 Å². The second-order valence-corrected chi connectivity index (χ2v) is 5.78. The van der Waals surface area contributed by atoms with Crippen LogP contribution in [0.5, 0.6) is 0 Å². The van der Waals surface area contributed by atoms with Gasteiger partial charge >= 0.3 is 0 Å². The van der Waals surface area contributed by atoms with Crippen LogP contribution in [0.3, 0.4) is 0 Å². The lowest BCUT2D eigenvalue weighted by Gasteiger charge is -2.07. The summed E-state index contributed by atoms with van der Waals surface area (Å²) >= 11 is 0. The molecule has 2 aliphatic rings. The molecular weight excluding hydrogens is 198 g/mol. The maximum absolute atomic E-state index is 6.26. The van der Waals surface area contributed by atoms with E-state index in [-0.39, 0.29) is 0 Å². The number of hydrogen-bond acceptors (Lipinski definition) is 2. The van der Waals surface area contributed by atoms with Crippen LogP contribution < -0.4 is 5.73 Å². The topological polar surface area (TPSA) is 43.8 Å². The first-order valence-corrected chi connectivity index (χ1v) is 6.53. The van der Waals surface area contributed by atoms with Gasteiger partial charge in [-0.25, -0.2) is 4.98 Å². The molecule has 3 rings (SSSR count). The summed E-state index contributed by atoms with van der Waals surface area (Å²) in [6.45, 7) is 4.46. The number of nitrogens with zero attached hydrogens (tertiary/aromatic N) is 2. The van der Waals surface area contributed by atoms with Gasteiger partial charge < -0.3 is 10.3 Å². The summed E-state index contributed by atoms with van der Waals surface area (Å²) in [6.07, 6.45) is 6.22. The van der Waals surface area contributed by atoms with Crippen LogP contribution in [0.25, 0.3) is 0 Å². The Labute approximate surface area is 97.0 Å². The van der Waals surface area contributed by atoms with Gasteiger partial charge in [0.2, 0.25) is 0 Å². The molecule has 1 heterocycles. The Morgan fingerprint density at radius 3 is 2.50 bits per heavy atom. The molecule has 2 N–H and O–H groups in total. The van der Waals surface area contributed by atoms with E-state index in [1.165, 1.54) is 31.5 Å². The van der Waals surface area contributed by atoms with Crippen LogP contribution in [0.2, 0.25) is 0 Å². The third kappa shape index (κ3) is 1.72. The summed E-state index contributed by atoms with van der Waals surface area (Å²) < 4.78 is 2.34. The van der Waals surface area contributed by atoms with Crippen molar-refractivity contribution in [3.8, 4) is 0 Å². The third-order valence-electron chi connectivity index (χ3n) is 3.51. The second kappa shape index (κ2) is 3.51. The fraction of sp³-hybridized carbons (Fsp3) is 0.769. The number of hydrogen-bond donors (Lipinski definition) is 1. The molecule has 0 aliphatic heterocycles. The highest BCUT2D eigenvalue weighted by atomic mass is 15.2. The minimum Gasteiger partial charge on any atom is -0.384 e. The van der Waals surface area contributed by atoms with Crippen molar-refractivity contribution >= 4 is 5.82 Å². The van der Waals surface area contributed by atoms with E-state index in [0.29, 0.717) is 17.9 Å². The molecule has 0 aromatic carbocycles. The number of anilines is 1. The standard InChI is InChI=1S/C13H21N3/c1-8(2)7-11-12(14)16(10-5-6-10)13(15-11)9-3-4-9/h8-10H,3-7,14H2,1-2H3. The highest BCUT2D eigenvalue weighted by Gasteiger charge is 2.36. The Morgan fingerprint density at radius 2 is 2.00 bits per heavy atom. The molecule has 3 heteroatoms. The molecule has 0 unspecified atom stereocenters. The van der Waals surface area contributed by atoms with Gasteiger partial charge in [-0.05, 0) is 38.0 Å². The summed E-state index contributed by atoms with van der Waals surface area (Å²) in [5.74, 6) is 3.59. The van der Waals surface area contributed by atoms with Crippen LogP contribution in [-0.2, 0) is 6.42 Å². The van der Waals surface area contributed by atoms with Crippen molar-refractivity contribution in [2.24, 2.45) is 5.92 Å². The van der Waals surface area contributed by atoms with Gasteiger partial charge in [0.15, 0.2) is 0 Å². The van der Waals surface area contributed by atoms with Gasteiger partial charge in [0.25, 0.3) is 0 Å². The molecule has 0 bridgehead atoms. The normalized spacial score (nSPS) is 20.7. The zero-order chi connectivity index (χ0) is 11.3. The summed E-state index contributed by atoms with van der Waals surface area (Å²) in [7, 11) is 0. The maximum atomic E-state index is 6.26. The summed E-state index contributed by atoms with van der Waals surface area (Å²) in [4.78, 5) is 4.81. The van der Waals surface area contributed by atoms with Crippen LogP contribution in [0.15, 0.2) is 0 Å². The van der Waals surface area contributed by atoms with Crippen molar-refractivity contribution in [1.82, 2.24) is 9.55 Å². The van der Waals surface area contributed by atoms with Gasteiger partial charge in [0.05, 0.1) is 5.69 Å². The first-order chi connectivity index (χ1) is 7.66. The van der Waals surface area contributed by atoms with Crippen molar-refractivity contribution in [2.45, 2.75) is 57.9 Å². The van der Waals surface area contributed by atoms with E-state index in [9.17, 15) is 0 Å². The lowest BCUT2D eigenvalue weighted by molar-refractivity contribution is 0.637. The first kappa shape index (κ1) is 10.2. The molecular formula is C13H21N3. The fourth-order valence-electron chi connectivity index (χ4n) is 2.39. The maximum Gasteiger partial charge on any atom is 0.127 e. The van der Waals surface area contributed by atoms with Crippen molar-refractivity contribution in [3.05, 3.63) is 11.5 Å². The molecule has 0 radical (unpaired) electrons. The Kier molecular flexibility index (Phi) is 2.23. The number of nitrogens with two attached hydrogens (primary N) is 1. The fourth-order valence-corrected chi connectivity index (χ4v) is 2.39. The largest absolute Gasteiger partial charge is 0.384 e. The summed E-state index contributed by atoms with van der Waals surface area (Å²) in [5, 5.41) is 0. The SMILES string of the molecule is CC(C)Cc1nc(C2CC2)n(C2CC2)c1N. The van der Waals surface area contributed by atoms with E-state index in [2.05, 4.69) is 18.4 Å². The van der Waals surface area contributed by atoms with Crippen LogP contribution in [0, 0.1) is 5.92 Å². The zero-order valence-electron chi connectivity index (χ0n) is 10.2. The van der Waals surface area contributed by atoms with E-state index >= 15 is 0 Å². The van der Waals surface area contributed by atoms with Gasteiger partial charge in [-0.15, -0.1) is 0 Å². The number of imidazole rings is 1. The molecule has 16 heavy (non-hydrogen) atoms. The molecule has 1 aromatic heterocycles. The van der Waals surface area contributed by atoms with Gasteiger partial charge in [-0.3, -0.25) is 0 Å². The lowest BCUT2D eigenvalue weighted by atomic mass is 10.1. The Bertz CT molecular complexity index is 398. The predicted molar refractivity (Wildman–Crippen MR) is 65.4 cm³/mol. The third-order valence-corrected chi connectivity index (χ3v) is 3.51. The Morgan fingerprint density at radius 1 is 1.31 bits per heavy atom. The molecule has 0 spiro atoms. The second-order valence-electron chi connectivity index (χ2n) is 5.78. The van der Waals surface area contributed by atoms with Gasteiger partial charge in [0, 0.05) is 12.0 Å². The minimum atomic E-state index is 0.636. The molecule has 0 atom stereocenters. The predicted octanol–water partition coefficient (Wildman–Crippen LogP) is 2.88. The monoisotopic (exact) mass is 219 g/mol. The van der Waals surface area contributed by atoms with Crippen molar-refractivity contribution in [2.75, 3.05) is 5.73 Å². The van der Waals surface area contributed by atoms with Gasteiger partial charge in [0.1, 0.15) is 11.6 Å². The molecule has 2 aliphatic carbocycles. The molecule has 0 saturated heterocycles. The molecule has 88 valence electrons. The smallest absolute Gasteiger partial charge is 0.127 e. The molecule has 1 aromatic rings.